The zero-order chi connectivity index (χ0) is 26.5. The number of fused-ring (bicyclic) bond motifs is 2. The highest BCUT2D eigenvalue weighted by Crippen LogP contribution is 2.51. The van der Waals surface area contributed by atoms with Crippen molar-refractivity contribution in [3.8, 4) is 17.2 Å². The van der Waals surface area contributed by atoms with Crippen molar-refractivity contribution >= 4 is 17.3 Å². The van der Waals surface area contributed by atoms with Crippen LogP contribution in [0.4, 0.5) is 11.4 Å². The molecule has 6 heteroatoms. The summed E-state index contributed by atoms with van der Waals surface area (Å²) in [6, 6.07) is 22.9. The first-order valence-electron chi connectivity index (χ1n) is 13.6. The first-order valence-corrected chi connectivity index (χ1v) is 13.6. The largest absolute Gasteiger partial charge is 0.493 e. The zero-order valence-corrected chi connectivity index (χ0v) is 22.6. The van der Waals surface area contributed by atoms with Gasteiger partial charge in [0.1, 0.15) is 0 Å². The maximum Gasteiger partial charge on any atom is 0.253 e. The van der Waals surface area contributed by atoms with E-state index in [1.165, 1.54) is 5.56 Å². The molecule has 1 unspecified atom stereocenters. The minimum Gasteiger partial charge on any atom is -0.493 e. The van der Waals surface area contributed by atoms with E-state index in [2.05, 4.69) is 58.5 Å². The number of anilines is 2. The van der Waals surface area contributed by atoms with Gasteiger partial charge < -0.3 is 24.2 Å². The summed E-state index contributed by atoms with van der Waals surface area (Å²) in [7, 11) is 1.66. The third kappa shape index (κ3) is 5.21. The molecule has 0 radical (unpaired) electrons. The molecule has 1 atom stereocenters. The predicted molar refractivity (Wildman–Crippen MR) is 153 cm³/mol. The molecule has 0 spiro atoms. The van der Waals surface area contributed by atoms with Crippen LogP contribution in [-0.2, 0) is 6.42 Å². The van der Waals surface area contributed by atoms with Gasteiger partial charge in [-0.1, -0.05) is 42.5 Å². The fourth-order valence-electron chi connectivity index (χ4n) is 5.44. The van der Waals surface area contributed by atoms with E-state index in [0.717, 1.165) is 43.7 Å². The lowest BCUT2D eigenvalue weighted by atomic mass is 10.1. The third-order valence-electron chi connectivity index (χ3n) is 7.59. The molecule has 198 valence electrons. The van der Waals surface area contributed by atoms with Crippen molar-refractivity contribution in [2.75, 3.05) is 38.2 Å². The lowest BCUT2D eigenvalue weighted by Crippen LogP contribution is -2.33. The number of carbonyl (C=O) groups excluding carboxylic acids is 1. The molecule has 5 rings (SSSR count). The van der Waals surface area contributed by atoms with Gasteiger partial charge in [-0.25, -0.2) is 0 Å². The summed E-state index contributed by atoms with van der Waals surface area (Å²) >= 11 is 0. The van der Waals surface area contributed by atoms with Gasteiger partial charge in [0, 0.05) is 37.8 Å². The van der Waals surface area contributed by atoms with Crippen LogP contribution in [0.1, 0.15) is 42.6 Å². The number of ether oxygens (including phenoxy) is 2. The molecule has 0 fully saturated rings. The minimum absolute atomic E-state index is 0.0184. The van der Waals surface area contributed by atoms with Gasteiger partial charge in [0.2, 0.25) is 0 Å². The maximum atomic E-state index is 13.1. The number of methoxy groups -OCH3 is 1. The van der Waals surface area contributed by atoms with Gasteiger partial charge in [-0.05, 0) is 75.2 Å². The lowest BCUT2D eigenvalue weighted by molar-refractivity contribution is 0.0772. The van der Waals surface area contributed by atoms with Crippen molar-refractivity contribution in [2.24, 2.45) is 0 Å². The van der Waals surface area contributed by atoms with Gasteiger partial charge >= 0.3 is 0 Å². The van der Waals surface area contributed by atoms with Crippen molar-refractivity contribution < 1.29 is 14.3 Å². The second-order valence-corrected chi connectivity index (χ2v) is 9.76. The summed E-state index contributed by atoms with van der Waals surface area (Å²) in [5.41, 5.74) is 3.97. The van der Waals surface area contributed by atoms with Crippen LogP contribution in [0.15, 0.2) is 79.0 Å². The van der Waals surface area contributed by atoms with Crippen LogP contribution in [0.25, 0.3) is 0 Å². The fraction of sp³-hybridized carbons (Fsp3) is 0.344. The number of benzene rings is 3. The molecule has 2 aliphatic rings. The Labute approximate surface area is 226 Å². The van der Waals surface area contributed by atoms with Gasteiger partial charge in [-0.15, -0.1) is 0 Å². The van der Waals surface area contributed by atoms with Crippen LogP contribution >= 0.6 is 0 Å². The second-order valence-electron chi connectivity index (χ2n) is 9.76. The summed E-state index contributed by atoms with van der Waals surface area (Å²) in [5.74, 6) is 2.08. The van der Waals surface area contributed by atoms with E-state index in [0.29, 0.717) is 41.9 Å². The highest BCUT2D eigenvalue weighted by molar-refractivity contribution is 5.96. The number of amides is 1. The first-order chi connectivity index (χ1) is 18.6. The molecule has 1 amide bonds. The standard InChI is InChI=1S/C32H37N3O3/c1-4-33(5-2)32(36)25-16-17-27-30(23-25)38-31-28(14-9-15-29(31)37-3)35(27)22-19-26-13-10-20-34(26)21-18-24-11-7-6-8-12-24/h6-12,14-17,20,23,26H,4-5,13,18-19,21-22H2,1-3H3. The molecule has 3 aromatic carbocycles. The van der Waals surface area contributed by atoms with E-state index in [9.17, 15) is 4.79 Å². The molecule has 0 N–H and O–H groups in total. The van der Waals surface area contributed by atoms with Gasteiger partial charge in [0.25, 0.3) is 5.91 Å². The summed E-state index contributed by atoms with van der Waals surface area (Å²) in [6.07, 6.45) is 7.62. The topological polar surface area (TPSA) is 45.3 Å². The van der Waals surface area contributed by atoms with Gasteiger partial charge in [-0.3, -0.25) is 4.79 Å². The average Bonchev–Trinajstić information content (AvgIpc) is 3.42. The van der Waals surface area contributed by atoms with E-state index in [1.807, 2.05) is 49.1 Å². The van der Waals surface area contributed by atoms with E-state index < -0.39 is 0 Å². The quantitative estimate of drug-likeness (QED) is 0.305. The van der Waals surface area contributed by atoms with Crippen molar-refractivity contribution in [1.29, 1.82) is 0 Å². The maximum absolute atomic E-state index is 13.1. The predicted octanol–water partition coefficient (Wildman–Crippen LogP) is 6.64. The molecule has 0 bridgehead atoms. The molecule has 2 aliphatic heterocycles. The molecular formula is C32H37N3O3. The number of carbonyl (C=O) groups is 1. The number of para-hydroxylation sites is 1. The Balaban J connectivity index is 1.37. The second kappa shape index (κ2) is 11.6. The van der Waals surface area contributed by atoms with E-state index in [1.54, 1.807) is 7.11 Å². The van der Waals surface area contributed by atoms with E-state index >= 15 is 0 Å². The molecule has 38 heavy (non-hydrogen) atoms. The molecule has 6 nitrogen and oxygen atoms in total. The number of nitrogens with zero attached hydrogens (tertiary/aromatic N) is 3. The Morgan fingerprint density at radius 1 is 1.00 bits per heavy atom. The molecular weight excluding hydrogens is 474 g/mol. The third-order valence-corrected chi connectivity index (χ3v) is 7.59. The fourth-order valence-corrected chi connectivity index (χ4v) is 5.44. The molecule has 3 aromatic rings. The highest BCUT2D eigenvalue weighted by atomic mass is 16.5. The van der Waals surface area contributed by atoms with Crippen molar-refractivity contribution in [3.05, 3.63) is 90.1 Å². The van der Waals surface area contributed by atoms with Crippen molar-refractivity contribution in [3.63, 3.8) is 0 Å². The van der Waals surface area contributed by atoms with Crippen LogP contribution in [0.2, 0.25) is 0 Å². The van der Waals surface area contributed by atoms with Crippen molar-refractivity contribution in [2.45, 2.75) is 39.2 Å². The molecule has 0 saturated heterocycles. The molecule has 2 heterocycles. The Morgan fingerprint density at radius 2 is 1.82 bits per heavy atom. The summed E-state index contributed by atoms with van der Waals surface area (Å²) in [4.78, 5) is 19.7. The first kappa shape index (κ1) is 25.7. The number of rotatable bonds is 10. The number of hydrogen-bond donors (Lipinski definition) is 0. The summed E-state index contributed by atoms with van der Waals surface area (Å²) < 4.78 is 12.0. The van der Waals surface area contributed by atoms with Crippen LogP contribution in [0.3, 0.4) is 0 Å². The highest BCUT2D eigenvalue weighted by Gasteiger charge is 2.30. The zero-order valence-electron chi connectivity index (χ0n) is 22.6. The lowest BCUT2D eigenvalue weighted by Gasteiger charge is -2.35. The van der Waals surface area contributed by atoms with Crippen LogP contribution in [0.5, 0.6) is 17.2 Å². The monoisotopic (exact) mass is 511 g/mol. The Kier molecular flexibility index (Phi) is 7.87. The Hall–Kier alpha value is -3.93. The SMILES string of the molecule is CCN(CC)C(=O)c1ccc2c(c1)Oc1c(OC)cccc1N2CCC1CC=CN1CCc1ccccc1. The smallest absolute Gasteiger partial charge is 0.253 e. The van der Waals surface area contributed by atoms with E-state index in [4.69, 9.17) is 9.47 Å². The van der Waals surface area contributed by atoms with Crippen LogP contribution < -0.4 is 14.4 Å². The molecule has 0 aliphatic carbocycles. The van der Waals surface area contributed by atoms with Crippen LogP contribution in [-0.4, -0.2) is 55.0 Å². The van der Waals surface area contributed by atoms with E-state index in [-0.39, 0.29) is 5.91 Å². The molecule has 0 saturated carbocycles. The summed E-state index contributed by atoms with van der Waals surface area (Å²) in [6.45, 7) is 7.18. The minimum atomic E-state index is 0.0184. The molecule has 0 aromatic heterocycles. The summed E-state index contributed by atoms with van der Waals surface area (Å²) in [5, 5.41) is 0. The van der Waals surface area contributed by atoms with Gasteiger partial charge in [-0.2, -0.15) is 0 Å². The normalized spacial score (nSPS) is 15.6. The Morgan fingerprint density at radius 3 is 2.58 bits per heavy atom. The van der Waals surface area contributed by atoms with Gasteiger partial charge in [0.05, 0.1) is 18.5 Å². The van der Waals surface area contributed by atoms with Crippen molar-refractivity contribution in [1.82, 2.24) is 9.80 Å². The van der Waals surface area contributed by atoms with Gasteiger partial charge in [0.15, 0.2) is 17.2 Å². The van der Waals surface area contributed by atoms with Crippen LogP contribution in [0, 0.1) is 0 Å². The Bertz CT molecular complexity index is 1290. The average molecular weight is 512 g/mol. The number of hydrogen-bond acceptors (Lipinski definition) is 5.